The molecule has 1 atom stereocenters. The van der Waals surface area contributed by atoms with Gasteiger partial charge in [-0.3, -0.25) is 9.59 Å². The number of aldehydes is 1. The second-order valence-electron chi connectivity index (χ2n) is 5.01. The normalized spacial score (nSPS) is 11.5. The highest BCUT2D eigenvalue weighted by Gasteiger charge is 2.17. The van der Waals surface area contributed by atoms with E-state index in [-0.39, 0.29) is 11.7 Å². The molecular weight excluding hydrogens is 313 g/mol. The minimum atomic E-state index is -0.809. The van der Waals surface area contributed by atoms with Gasteiger partial charge in [-0.1, -0.05) is 0 Å². The van der Waals surface area contributed by atoms with Crippen molar-refractivity contribution in [2.24, 2.45) is 0 Å². The van der Waals surface area contributed by atoms with Crippen LogP contribution in [0.5, 0.6) is 11.5 Å². The first-order valence-corrected chi connectivity index (χ1v) is 7.48. The monoisotopic (exact) mass is 331 g/mol. The van der Waals surface area contributed by atoms with Crippen LogP contribution in [0.1, 0.15) is 24.2 Å². The van der Waals surface area contributed by atoms with Gasteiger partial charge in [-0.25, -0.2) is 4.39 Å². The number of ether oxygens (including phenoxy) is 2. The standard InChI is InChI=1S/C18H18FNO4/c1-3-23-17-10-13(11-21)4-9-16(17)24-12(2)18(22)20-15-7-5-14(19)6-8-15/h4-12H,3H2,1-2H3,(H,20,22)/t12-/m1/s1. The summed E-state index contributed by atoms with van der Waals surface area (Å²) in [6.07, 6.45) is -0.104. The summed E-state index contributed by atoms with van der Waals surface area (Å²) in [4.78, 5) is 23.0. The Morgan fingerprint density at radius 1 is 1.21 bits per heavy atom. The van der Waals surface area contributed by atoms with Crippen LogP contribution in [0.2, 0.25) is 0 Å². The predicted octanol–water partition coefficient (Wildman–Crippen LogP) is 3.44. The summed E-state index contributed by atoms with van der Waals surface area (Å²) < 4.78 is 23.9. The van der Waals surface area contributed by atoms with Gasteiger partial charge < -0.3 is 14.8 Å². The van der Waals surface area contributed by atoms with Crippen LogP contribution in [-0.2, 0) is 4.79 Å². The van der Waals surface area contributed by atoms with Gasteiger partial charge in [0.25, 0.3) is 5.91 Å². The molecule has 0 radical (unpaired) electrons. The maximum atomic E-state index is 12.9. The third-order valence-electron chi connectivity index (χ3n) is 3.19. The van der Waals surface area contributed by atoms with E-state index in [0.717, 1.165) is 0 Å². The summed E-state index contributed by atoms with van der Waals surface area (Å²) in [6.45, 7) is 3.79. The van der Waals surface area contributed by atoms with Crippen molar-refractivity contribution in [3.8, 4) is 11.5 Å². The molecular formula is C18H18FNO4. The van der Waals surface area contributed by atoms with Gasteiger partial charge >= 0.3 is 0 Å². The average Bonchev–Trinajstić information content (AvgIpc) is 2.58. The summed E-state index contributed by atoms with van der Waals surface area (Å²) >= 11 is 0. The van der Waals surface area contributed by atoms with Crippen molar-refractivity contribution < 1.29 is 23.5 Å². The van der Waals surface area contributed by atoms with Crippen LogP contribution < -0.4 is 14.8 Å². The second kappa shape index (κ2) is 8.10. The molecule has 0 aromatic heterocycles. The van der Waals surface area contributed by atoms with Crippen molar-refractivity contribution in [1.82, 2.24) is 0 Å². The molecule has 6 heteroatoms. The Balaban J connectivity index is 2.07. The Labute approximate surface area is 139 Å². The number of rotatable bonds is 7. The van der Waals surface area contributed by atoms with Gasteiger partial charge in [0.15, 0.2) is 17.6 Å². The number of carbonyl (C=O) groups is 2. The van der Waals surface area contributed by atoms with E-state index in [9.17, 15) is 14.0 Å². The van der Waals surface area contributed by atoms with Crippen LogP contribution in [0.15, 0.2) is 42.5 Å². The first-order chi connectivity index (χ1) is 11.5. The number of halogens is 1. The lowest BCUT2D eigenvalue weighted by Gasteiger charge is -2.17. The molecule has 2 aromatic carbocycles. The lowest BCUT2D eigenvalue weighted by molar-refractivity contribution is -0.122. The zero-order valence-electron chi connectivity index (χ0n) is 13.4. The maximum absolute atomic E-state index is 12.9. The fourth-order valence-corrected chi connectivity index (χ4v) is 1.98. The highest BCUT2D eigenvalue weighted by molar-refractivity contribution is 5.94. The molecule has 24 heavy (non-hydrogen) atoms. The third kappa shape index (κ3) is 4.55. The minimum absolute atomic E-state index is 0.365. The summed E-state index contributed by atoms with van der Waals surface area (Å²) in [5, 5.41) is 2.64. The van der Waals surface area contributed by atoms with Crippen molar-refractivity contribution in [3.63, 3.8) is 0 Å². The number of carbonyl (C=O) groups excluding carboxylic acids is 2. The Morgan fingerprint density at radius 3 is 2.54 bits per heavy atom. The number of anilines is 1. The molecule has 0 heterocycles. The number of benzene rings is 2. The Bertz CT molecular complexity index is 715. The van der Waals surface area contributed by atoms with Gasteiger partial charge in [0.2, 0.25) is 0 Å². The van der Waals surface area contributed by atoms with Crippen LogP contribution in [-0.4, -0.2) is 24.9 Å². The molecule has 2 aromatic rings. The largest absolute Gasteiger partial charge is 0.490 e. The topological polar surface area (TPSA) is 64.6 Å². The summed E-state index contributed by atoms with van der Waals surface area (Å²) in [6, 6.07) is 10.1. The van der Waals surface area contributed by atoms with Crippen LogP contribution in [0, 0.1) is 5.82 Å². The van der Waals surface area contributed by atoms with Gasteiger partial charge in [0.1, 0.15) is 12.1 Å². The molecule has 0 fully saturated rings. The molecule has 0 saturated heterocycles. The van der Waals surface area contributed by atoms with E-state index in [1.54, 1.807) is 25.1 Å². The average molecular weight is 331 g/mol. The minimum Gasteiger partial charge on any atom is -0.490 e. The van der Waals surface area contributed by atoms with Gasteiger partial charge in [-0.05, 0) is 56.3 Å². The van der Waals surface area contributed by atoms with E-state index in [4.69, 9.17) is 9.47 Å². The third-order valence-corrected chi connectivity index (χ3v) is 3.19. The van der Waals surface area contributed by atoms with Crippen molar-refractivity contribution in [1.29, 1.82) is 0 Å². The van der Waals surface area contributed by atoms with E-state index in [1.165, 1.54) is 24.3 Å². The molecule has 5 nitrogen and oxygen atoms in total. The van der Waals surface area contributed by atoms with Crippen LogP contribution in [0.4, 0.5) is 10.1 Å². The number of hydrogen-bond acceptors (Lipinski definition) is 4. The highest BCUT2D eigenvalue weighted by Crippen LogP contribution is 2.29. The molecule has 0 saturated carbocycles. The zero-order chi connectivity index (χ0) is 17.5. The lowest BCUT2D eigenvalue weighted by Crippen LogP contribution is -2.30. The van der Waals surface area contributed by atoms with Crippen molar-refractivity contribution >= 4 is 17.9 Å². The second-order valence-corrected chi connectivity index (χ2v) is 5.01. The van der Waals surface area contributed by atoms with E-state index in [1.807, 2.05) is 6.92 Å². The molecule has 126 valence electrons. The predicted molar refractivity (Wildman–Crippen MR) is 88.1 cm³/mol. The maximum Gasteiger partial charge on any atom is 0.265 e. The van der Waals surface area contributed by atoms with Gasteiger partial charge in [-0.2, -0.15) is 0 Å². The molecule has 0 aliphatic heterocycles. The number of hydrogen-bond donors (Lipinski definition) is 1. The first-order valence-electron chi connectivity index (χ1n) is 7.48. The van der Waals surface area contributed by atoms with Gasteiger partial charge in [0.05, 0.1) is 6.61 Å². The van der Waals surface area contributed by atoms with Crippen molar-refractivity contribution in [2.45, 2.75) is 20.0 Å². The highest BCUT2D eigenvalue weighted by atomic mass is 19.1. The van der Waals surface area contributed by atoms with E-state index >= 15 is 0 Å². The van der Waals surface area contributed by atoms with Gasteiger partial charge in [0, 0.05) is 11.3 Å². The molecule has 1 amide bonds. The van der Waals surface area contributed by atoms with E-state index in [0.29, 0.717) is 35.6 Å². The summed E-state index contributed by atoms with van der Waals surface area (Å²) in [5.41, 5.74) is 0.924. The van der Waals surface area contributed by atoms with Crippen LogP contribution in [0.3, 0.4) is 0 Å². The van der Waals surface area contributed by atoms with Crippen LogP contribution >= 0.6 is 0 Å². The smallest absolute Gasteiger partial charge is 0.265 e. The molecule has 0 aliphatic rings. The van der Waals surface area contributed by atoms with E-state index < -0.39 is 6.10 Å². The van der Waals surface area contributed by atoms with Crippen molar-refractivity contribution in [3.05, 3.63) is 53.8 Å². The fraction of sp³-hybridized carbons (Fsp3) is 0.222. The number of nitrogens with one attached hydrogen (secondary N) is 1. The first kappa shape index (κ1) is 17.5. The van der Waals surface area contributed by atoms with Crippen molar-refractivity contribution in [2.75, 3.05) is 11.9 Å². The van der Waals surface area contributed by atoms with Gasteiger partial charge in [-0.15, -0.1) is 0 Å². The van der Waals surface area contributed by atoms with E-state index in [2.05, 4.69) is 5.32 Å². The molecule has 0 aliphatic carbocycles. The SMILES string of the molecule is CCOc1cc(C=O)ccc1O[C@H](C)C(=O)Nc1ccc(F)cc1. The molecule has 0 unspecified atom stereocenters. The fourth-order valence-electron chi connectivity index (χ4n) is 1.98. The number of amides is 1. The lowest BCUT2D eigenvalue weighted by atomic mass is 10.2. The molecule has 0 bridgehead atoms. The summed E-state index contributed by atoms with van der Waals surface area (Å²) in [5.74, 6) is -0.00909. The Morgan fingerprint density at radius 2 is 1.92 bits per heavy atom. The zero-order valence-corrected chi connectivity index (χ0v) is 13.4. The molecule has 1 N–H and O–H groups in total. The molecule has 2 rings (SSSR count). The molecule has 0 spiro atoms. The Hall–Kier alpha value is -2.89. The summed E-state index contributed by atoms with van der Waals surface area (Å²) in [7, 11) is 0. The van der Waals surface area contributed by atoms with Crippen LogP contribution in [0.25, 0.3) is 0 Å². The Kier molecular flexibility index (Phi) is 5.89. The quantitative estimate of drug-likeness (QED) is 0.789.